The molecular formula is C20H20ClN3O3. The summed E-state index contributed by atoms with van der Waals surface area (Å²) in [5.41, 5.74) is 6.67. The largest absolute Gasteiger partial charge is 0.326 e. The zero-order valence-corrected chi connectivity index (χ0v) is 15.4. The van der Waals surface area contributed by atoms with Crippen LogP contribution < -0.4 is 16.2 Å². The smallest absolute Gasteiger partial charge is 0.269 e. The molecule has 3 rings (SSSR count). The minimum atomic E-state index is -0.429. The maximum atomic E-state index is 12.1. The van der Waals surface area contributed by atoms with Crippen molar-refractivity contribution in [3.8, 4) is 0 Å². The predicted molar refractivity (Wildman–Crippen MR) is 103 cm³/mol. The second-order valence-electron chi connectivity index (χ2n) is 6.43. The Bertz CT molecular complexity index is 848. The normalized spacial score (nSPS) is 12.9. The third-order valence-corrected chi connectivity index (χ3v) is 4.63. The molecule has 7 heteroatoms. The van der Waals surface area contributed by atoms with Crippen LogP contribution in [-0.4, -0.2) is 17.7 Å². The molecule has 0 heterocycles. The molecule has 1 aliphatic carbocycles. The number of carbonyl (C=O) groups is 3. The summed E-state index contributed by atoms with van der Waals surface area (Å²) in [6.45, 7) is 0. The Labute approximate surface area is 162 Å². The van der Waals surface area contributed by atoms with Crippen molar-refractivity contribution in [1.29, 1.82) is 0 Å². The molecule has 1 fully saturated rings. The quantitative estimate of drug-likeness (QED) is 0.668. The molecule has 0 spiro atoms. The lowest BCUT2D eigenvalue weighted by molar-refractivity contribution is -0.121. The summed E-state index contributed by atoms with van der Waals surface area (Å²) in [6.07, 6.45) is 2.55. The Balaban J connectivity index is 1.43. The van der Waals surface area contributed by atoms with Crippen LogP contribution >= 0.6 is 11.6 Å². The van der Waals surface area contributed by atoms with Gasteiger partial charge in [0, 0.05) is 28.6 Å². The second-order valence-corrected chi connectivity index (χ2v) is 6.84. The maximum Gasteiger partial charge on any atom is 0.269 e. The maximum absolute atomic E-state index is 12.1. The fourth-order valence-electron chi connectivity index (χ4n) is 2.51. The Morgan fingerprint density at radius 1 is 0.963 bits per heavy atom. The van der Waals surface area contributed by atoms with E-state index in [1.54, 1.807) is 30.3 Å². The molecule has 0 bridgehead atoms. The van der Waals surface area contributed by atoms with Crippen LogP contribution in [0.5, 0.6) is 0 Å². The van der Waals surface area contributed by atoms with Gasteiger partial charge in [-0.15, -0.1) is 0 Å². The molecule has 0 aliphatic heterocycles. The van der Waals surface area contributed by atoms with E-state index in [1.165, 1.54) is 0 Å². The number of hydrogen-bond donors (Lipinski definition) is 3. The average molecular weight is 386 g/mol. The molecule has 0 saturated heterocycles. The lowest BCUT2D eigenvalue weighted by Crippen LogP contribution is -2.41. The van der Waals surface area contributed by atoms with Crippen LogP contribution in [0.3, 0.4) is 0 Å². The first-order valence-electron chi connectivity index (χ1n) is 8.76. The van der Waals surface area contributed by atoms with Crippen molar-refractivity contribution in [2.75, 3.05) is 5.32 Å². The monoisotopic (exact) mass is 385 g/mol. The van der Waals surface area contributed by atoms with Gasteiger partial charge >= 0.3 is 0 Å². The number of rotatable bonds is 6. The van der Waals surface area contributed by atoms with Gasteiger partial charge in [0.15, 0.2) is 0 Å². The number of nitrogens with one attached hydrogen (secondary N) is 3. The van der Waals surface area contributed by atoms with Gasteiger partial charge < -0.3 is 5.32 Å². The van der Waals surface area contributed by atoms with Gasteiger partial charge in [-0.1, -0.05) is 29.8 Å². The molecule has 1 saturated carbocycles. The Kier molecular flexibility index (Phi) is 6.08. The zero-order valence-electron chi connectivity index (χ0n) is 14.6. The van der Waals surface area contributed by atoms with Gasteiger partial charge in [-0.05, 0) is 55.2 Å². The van der Waals surface area contributed by atoms with Gasteiger partial charge in [0.25, 0.3) is 5.91 Å². The lowest BCUT2D eigenvalue weighted by atomic mass is 10.1. The average Bonchev–Trinajstić information content (AvgIpc) is 3.51. The van der Waals surface area contributed by atoms with E-state index in [4.69, 9.17) is 11.6 Å². The van der Waals surface area contributed by atoms with E-state index in [-0.39, 0.29) is 24.2 Å². The molecule has 3 N–H and O–H groups in total. The first-order chi connectivity index (χ1) is 13.0. The van der Waals surface area contributed by atoms with E-state index in [0.29, 0.717) is 22.7 Å². The number of aryl methyl sites for hydroxylation is 1. The topological polar surface area (TPSA) is 87.3 Å². The number of anilines is 1. The van der Waals surface area contributed by atoms with Crippen molar-refractivity contribution in [1.82, 2.24) is 10.9 Å². The Hall–Kier alpha value is -2.86. The highest BCUT2D eigenvalue weighted by Gasteiger charge is 2.29. The molecule has 0 atom stereocenters. The van der Waals surface area contributed by atoms with E-state index in [0.717, 1.165) is 18.4 Å². The Morgan fingerprint density at radius 3 is 2.33 bits per heavy atom. The first kappa shape index (κ1) is 18.9. The molecule has 1 aliphatic rings. The number of benzene rings is 2. The number of amides is 3. The number of carbonyl (C=O) groups excluding carboxylic acids is 3. The molecule has 0 aromatic heterocycles. The number of halogens is 1. The molecular weight excluding hydrogens is 366 g/mol. The molecule has 27 heavy (non-hydrogen) atoms. The van der Waals surface area contributed by atoms with E-state index in [2.05, 4.69) is 16.2 Å². The molecule has 0 radical (unpaired) electrons. The van der Waals surface area contributed by atoms with Crippen LogP contribution in [0.4, 0.5) is 5.69 Å². The second kappa shape index (κ2) is 8.68. The summed E-state index contributed by atoms with van der Waals surface area (Å²) in [4.78, 5) is 35.7. The van der Waals surface area contributed by atoms with Gasteiger partial charge in [-0.3, -0.25) is 25.2 Å². The first-order valence-corrected chi connectivity index (χ1v) is 9.14. The molecule has 140 valence electrons. The standard InChI is InChI=1S/C20H20ClN3O3/c21-17-4-2-1-3-13(17)9-12-18(25)23-24-20(27)15-7-10-16(11-8-15)22-19(26)14-5-6-14/h1-4,7-8,10-11,14H,5-6,9,12H2,(H,22,26)(H,23,25)(H,24,27). The molecule has 2 aromatic carbocycles. The van der Waals surface area contributed by atoms with Crippen molar-refractivity contribution < 1.29 is 14.4 Å². The predicted octanol–water partition coefficient (Wildman–Crippen LogP) is 3.08. The summed E-state index contributed by atoms with van der Waals surface area (Å²) in [7, 11) is 0. The molecule has 0 unspecified atom stereocenters. The summed E-state index contributed by atoms with van der Waals surface area (Å²) in [6, 6.07) is 13.8. The zero-order chi connectivity index (χ0) is 19.2. The van der Waals surface area contributed by atoms with E-state index >= 15 is 0 Å². The van der Waals surface area contributed by atoms with Crippen LogP contribution in [0.25, 0.3) is 0 Å². The Morgan fingerprint density at radius 2 is 1.67 bits per heavy atom. The van der Waals surface area contributed by atoms with Crippen LogP contribution in [-0.2, 0) is 16.0 Å². The molecule has 6 nitrogen and oxygen atoms in total. The third kappa shape index (κ3) is 5.56. The SMILES string of the molecule is O=C(CCc1ccccc1Cl)NNC(=O)c1ccc(NC(=O)C2CC2)cc1. The highest BCUT2D eigenvalue weighted by molar-refractivity contribution is 6.31. The van der Waals surface area contributed by atoms with Gasteiger partial charge in [-0.25, -0.2) is 0 Å². The van der Waals surface area contributed by atoms with Gasteiger partial charge in [-0.2, -0.15) is 0 Å². The van der Waals surface area contributed by atoms with Crippen LogP contribution in [0.1, 0.15) is 35.2 Å². The summed E-state index contributed by atoms with van der Waals surface area (Å²) in [5.74, 6) is -0.607. The van der Waals surface area contributed by atoms with Crippen LogP contribution in [0, 0.1) is 5.92 Å². The minimum absolute atomic E-state index is 0.0120. The van der Waals surface area contributed by atoms with Crippen molar-refractivity contribution >= 4 is 35.0 Å². The van der Waals surface area contributed by atoms with E-state index < -0.39 is 5.91 Å². The fourth-order valence-corrected chi connectivity index (χ4v) is 2.74. The third-order valence-electron chi connectivity index (χ3n) is 4.26. The van der Waals surface area contributed by atoms with Gasteiger partial charge in [0.05, 0.1) is 0 Å². The highest BCUT2D eigenvalue weighted by atomic mass is 35.5. The molecule has 3 amide bonds. The van der Waals surface area contributed by atoms with Crippen LogP contribution in [0.2, 0.25) is 5.02 Å². The van der Waals surface area contributed by atoms with E-state index in [1.807, 2.05) is 18.2 Å². The van der Waals surface area contributed by atoms with Crippen molar-refractivity contribution in [3.05, 3.63) is 64.7 Å². The van der Waals surface area contributed by atoms with E-state index in [9.17, 15) is 14.4 Å². The summed E-state index contributed by atoms with van der Waals surface area (Å²) in [5, 5.41) is 3.42. The molecule has 2 aromatic rings. The van der Waals surface area contributed by atoms with Crippen molar-refractivity contribution in [2.24, 2.45) is 5.92 Å². The number of hydrazine groups is 1. The summed E-state index contributed by atoms with van der Waals surface area (Å²) < 4.78 is 0. The number of hydrogen-bond acceptors (Lipinski definition) is 3. The summed E-state index contributed by atoms with van der Waals surface area (Å²) >= 11 is 6.05. The van der Waals surface area contributed by atoms with Gasteiger partial charge in [0.2, 0.25) is 11.8 Å². The van der Waals surface area contributed by atoms with Crippen molar-refractivity contribution in [3.63, 3.8) is 0 Å². The minimum Gasteiger partial charge on any atom is -0.326 e. The van der Waals surface area contributed by atoms with Crippen molar-refractivity contribution in [2.45, 2.75) is 25.7 Å². The lowest BCUT2D eigenvalue weighted by Gasteiger charge is -2.09. The van der Waals surface area contributed by atoms with Gasteiger partial charge in [0.1, 0.15) is 0 Å². The fraction of sp³-hybridized carbons (Fsp3) is 0.250. The van der Waals surface area contributed by atoms with Crippen LogP contribution in [0.15, 0.2) is 48.5 Å². The highest BCUT2D eigenvalue weighted by Crippen LogP contribution is 2.30.